The van der Waals surface area contributed by atoms with Crippen molar-refractivity contribution in [2.45, 2.75) is 35.7 Å². The number of carbonyl (C=O) groups excluding carboxylic acids is 2. The second-order valence-corrected chi connectivity index (χ2v) is 17.7. The van der Waals surface area contributed by atoms with Crippen LogP contribution in [-0.4, -0.2) is 103 Å². The monoisotopic (exact) mass is 820 g/mol. The van der Waals surface area contributed by atoms with E-state index in [1.807, 2.05) is 0 Å². The van der Waals surface area contributed by atoms with E-state index in [1.54, 1.807) is 0 Å². The molecule has 0 saturated carbocycles. The van der Waals surface area contributed by atoms with Gasteiger partial charge in [-0.25, -0.2) is 29.9 Å². The zero-order valence-electron chi connectivity index (χ0n) is 29.6. The second kappa shape index (κ2) is 14.9. The highest BCUT2D eigenvalue weighted by molar-refractivity contribution is 7.89. The number of aromatic hydroxyl groups is 3. The maximum Gasteiger partial charge on any atom is 0.258 e. The van der Waals surface area contributed by atoms with Crippen molar-refractivity contribution in [1.82, 2.24) is 18.4 Å². The van der Waals surface area contributed by atoms with E-state index in [-0.39, 0.29) is 65.6 Å². The number of hydrogen-bond donors (Lipinski definition) is 3. The Bertz CT molecular complexity index is 2450. The molecule has 2 aliphatic heterocycles. The van der Waals surface area contributed by atoms with Crippen molar-refractivity contribution in [3.8, 4) is 23.0 Å². The molecule has 0 bridgehead atoms. The second-order valence-electron chi connectivity index (χ2n) is 13.2. The molecule has 4 aromatic carbocycles. The molecule has 4 aromatic rings. The molecule has 2 heterocycles. The van der Waals surface area contributed by atoms with Crippen LogP contribution in [0.5, 0.6) is 23.0 Å². The van der Waals surface area contributed by atoms with E-state index in [0.29, 0.717) is 15.4 Å². The molecule has 6 rings (SSSR count). The predicted molar refractivity (Wildman–Crippen MR) is 194 cm³/mol. The third kappa shape index (κ3) is 7.39. The van der Waals surface area contributed by atoms with Crippen molar-refractivity contribution in [2.75, 3.05) is 41.0 Å². The summed E-state index contributed by atoms with van der Waals surface area (Å²) >= 11 is 5.94. The fourth-order valence-electron chi connectivity index (χ4n) is 6.43. The van der Waals surface area contributed by atoms with E-state index in [4.69, 9.17) is 16.3 Å². The Morgan fingerprint density at radius 2 is 1.42 bits per heavy atom. The van der Waals surface area contributed by atoms with Crippen LogP contribution in [0.15, 0.2) is 64.4 Å². The number of phenols is 3. The number of carbonyl (C=O) groups is 2. The predicted octanol–water partition coefficient (Wildman–Crippen LogP) is 4.04. The molecular formula is C36H35ClF2N4O10S2. The average Bonchev–Trinajstić information content (AvgIpc) is 3.46. The highest BCUT2D eigenvalue weighted by Gasteiger charge is 2.40. The minimum Gasteiger partial charge on any atom is -0.504 e. The van der Waals surface area contributed by atoms with Gasteiger partial charge in [0.15, 0.2) is 29.7 Å². The molecule has 14 nitrogen and oxygen atoms in total. The van der Waals surface area contributed by atoms with Crippen LogP contribution < -0.4 is 4.74 Å². The normalized spacial score (nSPS) is 14.5. The fourth-order valence-corrected chi connectivity index (χ4v) is 9.07. The maximum absolute atomic E-state index is 14.1. The number of halogens is 3. The molecule has 0 aromatic heterocycles. The van der Waals surface area contributed by atoms with E-state index in [1.165, 1.54) is 60.3 Å². The highest BCUT2D eigenvalue weighted by atomic mass is 35.5. The van der Waals surface area contributed by atoms with E-state index in [0.717, 1.165) is 29.6 Å². The molecule has 0 unspecified atom stereocenters. The number of benzene rings is 4. The van der Waals surface area contributed by atoms with Crippen LogP contribution in [0.3, 0.4) is 0 Å². The number of sulfonamides is 2. The van der Waals surface area contributed by atoms with E-state index >= 15 is 0 Å². The first-order chi connectivity index (χ1) is 25.8. The molecule has 19 heteroatoms. The van der Waals surface area contributed by atoms with Gasteiger partial charge in [0, 0.05) is 65.0 Å². The Balaban J connectivity index is 1.31. The molecule has 0 spiro atoms. The third-order valence-corrected chi connectivity index (χ3v) is 13.5. The van der Waals surface area contributed by atoms with Gasteiger partial charge in [0.05, 0.1) is 25.9 Å². The summed E-state index contributed by atoms with van der Waals surface area (Å²) in [6, 6.07) is 11.2. The molecule has 0 atom stereocenters. The molecule has 292 valence electrons. The van der Waals surface area contributed by atoms with Crippen LogP contribution in [0.4, 0.5) is 8.78 Å². The summed E-state index contributed by atoms with van der Waals surface area (Å²) in [6.07, 6.45) is 0.257. The molecule has 0 radical (unpaired) electrons. The first-order valence-electron chi connectivity index (χ1n) is 16.6. The lowest BCUT2D eigenvalue weighted by atomic mass is 9.96. The maximum atomic E-state index is 14.1. The molecule has 0 aliphatic carbocycles. The Hall–Kier alpha value is -5.01. The Morgan fingerprint density at radius 3 is 2.07 bits per heavy atom. The number of amides is 2. The smallest absolute Gasteiger partial charge is 0.258 e. The minimum atomic E-state index is -4.65. The molecular weight excluding hydrogens is 786 g/mol. The lowest BCUT2D eigenvalue weighted by Gasteiger charge is -2.32. The summed E-state index contributed by atoms with van der Waals surface area (Å²) < 4.78 is 89.3. The number of hydrogen-bond acceptors (Lipinski definition) is 10. The summed E-state index contributed by atoms with van der Waals surface area (Å²) in [6.45, 7) is -1.11. The van der Waals surface area contributed by atoms with Gasteiger partial charge in [-0.3, -0.25) is 9.59 Å². The van der Waals surface area contributed by atoms with Gasteiger partial charge in [-0.05, 0) is 53.8 Å². The zero-order chi connectivity index (χ0) is 40.1. The lowest BCUT2D eigenvalue weighted by molar-refractivity contribution is 0.0716. The van der Waals surface area contributed by atoms with E-state index in [2.05, 4.69) is 0 Å². The Labute approximate surface area is 320 Å². The first kappa shape index (κ1) is 39.7. The standard InChI is InChI=1S/C36H35ClF2N4O10S2/c1-40(2)54(49,50)29-16-28(45)34(32-23(29)11-13-42(36(32)48)17-21-6-9-26(39)25(37)14-21)53-19-41(3)55(51,52)30-15-27(44)33(46)31-24(30)18-43(35(31)47)12-10-20-4-7-22(38)8-5-20/h4-9,14-16,44-46H,10-13,17-19H2,1-3H3. The summed E-state index contributed by atoms with van der Waals surface area (Å²) in [5, 5.41) is 32.1. The number of nitrogens with zero attached hydrogens (tertiary/aromatic N) is 4. The van der Waals surface area contributed by atoms with Crippen LogP contribution in [0, 0.1) is 11.6 Å². The van der Waals surface area contributed by atoms with Gasteiger partial charge >= 0.3 is 0 Å². The van der Waals surface area contributed by atoms with E-state index < -0.39 is 83.7 Å². The van der Waals surface area contributed by atoms with Gasteiger partial charge in [-0.2, -0.15) is 4.31 Å². The van der Waals surface area contributed by atoms with Crippen molar-refractivity contribution >= 4 is 43.5 Å². The van der Waals surface area contributed by atoms with Gasteiger partial charge in [-0.15, -0.1) is 0 Å². The summed E-state index contributed by atoms with van der Waals surface area (Å²) in [7, 11) is -5.22. The van der Waals surface area contributed by atoms with Gasteiger partial charge in [0.2, 0.25) is 20.0 Å². The number of phenolic OH excluding ortho intramolecular Hbond substituents is 3. The quantitative estimate of drug-likeness (QED) is 0.139. The van der Waals surface area contributed by atoms with Gasteiger partial charge < -0.3 is 29.9 Å². The largest absolute Gasteiger partial charge is 0.504 e. The van der Waals surface area contributed by atoms with Gasteiger partial charge in [0.1, 0.15) is 11.6 Å². The zero-order valence-corrected chi connectivity index (χ0v) is 32.0. The lowest BCUT2D eigenvalue weighted by Crippen LogP contribution is -2.39. The van der Waals surface area contributed by atoms with Crippen LogP contribution in [0.1, 0.15) is 43.0 Å². The molecule has 2 aliphatic rings. The van der Waals surface area contributed by atoms with Crippen molar-refractivity contribution in [2.24, 2.45) is 0 Å². The number of rotatable bonds is 12. The van der Waals surface area contributed by atoms with Gasteiger partial charge in [-0.1, -0.05) is 29.8 Å². The average molecular weight is 821 g/mol. The van der Waals surface area contributed by atoms with Crippen LogP contribution in [0.2, 0.25) is 5.02 Å². The summed E-state index contributed by atoms with van der Waals surface area (Å²) in [5.41, 5.74) is 0.319. The first-order valence-corrected chi connectivity index (χ1v) is 19.8. The molecule has 55 heavy (non-hydrogen) atoms. The Morgan fingerprint density at radius 1 is 0.800 bits per heavy atom. The Kier molecular flexibility index (Phi) is 10.8. The van der Waals surface area contributed by atoms with Gasteiger partial charge in [0.25, 0.3) is 11.8 Å². The fraction of sp³-hybridized carbons (Fsp3) is 0.278. The number of ether oxygens (including phenoxy) is 1. The van der Waals surface area contributed by atoms with Crippen molar-refractivity contribution in [1.29, 1.82) is 0 Å². The van der Waals surface area contributed by atoms with Crippen LogP contribution >= 0.6 is 11.6 Å². The summed E-state index contributed by atoms with van der Waals surface area (Å²) in [4.78, 5) is 29.1. The molecule has 0 fully saturated rings. The SMILES string of the molecule is CN(C)S(=O)(=O)c1cc(O)c(OCN(C)S(=O)(=O)c2cc(O)c(O)c3c2CN(CCc2ccc(F)cc2)C3=O)c2c1CCN(Cc1ccc(F)c(Cl)c1)C2=O. The van der Waals surface area contributed by atoms with Crippen LogP contribution in [-0.2, 0) is 46.0 Å². The topological polar surface area (TPSA) is 185 Å². The van der Waals surface area contributed by atoms with E-state index in [9.17, 15) is 50.5 Å². The van der Waals surface area contributed by atoms with Crippen molar-refractivity contribution < 1.29 is 55.3 Å². The molecule has 3 N–H and O–H groups in total. The third-order valence-electron chi connectivity index (χ3n) is 9.43. The van der Waals surface area contributed by atoms with Crippen molar-refractivity contribution in [3.63, 3.8) is 0 Å². The molecule has 2 amide bonds. The number of fused-ring (bicyclic) bond motifs is 2. The highest BCUT2D eigenvalue weighted by Crippen LogP contribution is 2.43. The molecule has 0 saturated heterocycles. The van der Waals surface area contributed by atoms with Crippen molar-refractivity contribution in [3.05, 3.63) is 105 Å². The van der Waals surface area contributed by atoms with Crippen LogP contribution in [0.25, 0.3) is 0 Å². The summed E-state index contributed by atoms with van der Waals surface area (Å²) in [5.74, 6) is -5.60. The minimum absolute atomic E-state index is 0.0182.